The van der Waals surface area contributed by atoms with Crippen LogP contribution in [0.3, 0.4) is 0 Å². The summed E-state index contributed by atoms with van der Waals surface area (Å²) in [5.41, 5.74) is 1.30. The molecule has 60 valence electrons. The summed E-state index contributed by atoms with van der Waals surface area (Å²) in [6.07, 6.45) is 6.72. The van der Waals surface area contributed by atoms with Crippen LogP contribution < -0.4 is 4.74 Å². The number of fused-ring (bicyclic) bond motifs is 1. The zero-order chi connectivity index (χ0) is 8.02. The molecule has 0 amide bonds. The molecular formula is C11H10O. The van der Waals surface area contributed by atoms with Gasteiger partial charge >= 0.3 is 0 Å². The largest absolute Gasteiger partial charge is 0.483 e. The molecule has 0 N–H and O–H groups in total. The smallest absolute Gasteiger partial charge is 0.128 e. The molecule has 0 bridgehead atoms. The molecule has 1 fully saturated rings. The second-order valence-corrected chi connectivity index (χ2v) is 3.54. The van der Waals surface area contributed by atoms with Crippen LogP contribution in [0.5, 0.6) is 5.75 Å². The predicted octanol–water partition coefficient (Wildman–Crippen LogP) is 2.62. The van der Waals surface area contributed by atoms with E-state index in [1.165, 1.54) is 18.4 Å². The maximum absolute atomic E-state index is 5.84. The van der Waals surface area contributed by atoms with E-state index < -0.39 is 0 Å². The lowest BCUT2D eigenvalue weighted by Crippen LogP contribution is -2.17. The van der Waals surface area contributed by atoms with Gasteiger partial charge in [-0.2, -0.15) is 0 Å². The summed E-state index contributed by atoms with van der Waals surface area (Å²) in [4.78, 5) is 0. The van der Waals surface area contributed by atoms with E-state index in [2.05, 4.69) is 18.2 Å². The highest BCUT2D eigenvalue weighted by atomic mass is 16.5. The van der Waals surface area contributed by atoms with Crippen LogP contribution >= 0.6 is 0 Å². The Bertz CT molecular complexity index is 348. The molecule has 3 rings (SSSR count). The summed E-state index contributed by atoms with van der Waals surface area (Å²) in [6.45, 7) is 0. The fourth-order valence-corrected chi connectivity index (χ4v) is 1.60. The first-order valence-corrected chi connectivity index (χ1v) is 4.35. The van der Waals surface area contributed by atoms with Crippen molar-refractivity contribution in [3.63, 3.8) is 0 Å². The second kappa shape index (κ2) is 1.92. The zero-order valence-electron chi connectivity index (χ0n) is 6.79. The maximum atomic E-state index is 5.84. The van der Waals surface area contributed by atoms with E-state index in [4.69, 9.17) is 4.74 Å². The van der Waals surface area contributed by atoms with Crippen LogP contribution in [0.4, 0.5) is 0 Å². The van der Waals surface area contributed by atoms with Crippen molar-refractivity contribution in [3.8, 4) is 5.75 Å². The van der Waals surface area contributed by atoms with Gasteiger partial charge in [0.1, 0.15) is 11.4 Å². The first-order chi connectivity index (χ1) is 5.88. The highest BCUT2D eigenvalue weighted by molar-refractivity contribution is 5.61. The lowest BCUT2D eigenvalue weighted by atomic mass is 10.1. The maximum Gasteiger partial charge on any atom is 0.128 e. The molecule has 1 aliphatic heterocycles. The Balaban J connectivity index is 2.10. The molecule has 0 atom stereocenters. The lowest BCUT2D eigenvalue weighted by Gasteiger charge is -2.20. The van der Waals surface area contributed by atoms with E-state index in [1.54, 1.807) is 0 Å². The molecule has 1 spiro atoms. The van der Waals surface area contributed by atoms with Gasteiger partial charge in [-0.05, 0) is 25.0 Å². The first kappa shape index (κ1) is 6.30. The number of para-hydroxylation sites is 1. The average molecular weight is 158 g/mol. The fourth-order valence-electron chi connectivity index (χ4n) is 1.60. The SMILES string of the molecule is C1=CC2(CC2)Oc2ccccc21. The molecule has 1 aromatic rings. The second-order valence-electron chi connectivity index (χ2n) is 3.54. The molecule has 2 aliphatic rings. The Labute approximate surface area is 71.7 Å². The Kier molecular flexibility index (Phi) is 1.01. The Morgan fingerprint density at radius 3 is 2.83 bits per heavy atom. The minimum absolute atomic E-state index is 0.0916. The van der Waals surface area contributed by atoms with Gasteiger partial charge in [-0.3, -0.25) is 0 Å². The normalized spacial score (nSPS) is 21.7. The van der Waals surface area contributed by atoms with Gasteiger partial charge in [-0.25, -0.2) is 0 Å². The van der Waals surface area contributed by atoms with Gasteiger partial charge in [-0.1, -0.05) is 24.3 Å². The van der Waals surface area contributed by atoms with Crippen molar-refractivity contribution in [2.75, 3.05) is 0 Å². The van der Waals surface area contributed by atoms with Crippen LogP contribution in [0, 0.1) is 0 Å². The third-order valence-electron chi connectivity index (χ3n) is 2.54. The molecule has 0 saturated heterocycles. The van der Waals surface area contributed by atoms with Crippen molar-refractivity contribution >= 4 is 6.08 Å². The number of hydrogen-bond acceptors (Lipinski definition) is 1. The van der Waals surface area contributed by atoms with Gasteiger partial charge in [0.25, 0.3) is 0 Å². The van der Waals surface area contributed by atoms with Crippen molar-refractivity contribution in [3.05, 3.63) is 35.9 Å². The van der Waals surface area contributed by atoms with Gasteiger partial charge < -0.3 is 4.74 Å². The van der Waals surface area contributed by atoms with Gasteiger partial charge in [0.15, 0.2) is 0 Å². The van der Waals surface area contributed by atoms with E-state index in [1.807, 2.05) is 18.2 Å². The van der Waals surface area contributed by atoms with Crippen molar-refractivity contribution in [1.29, 1.82) is 0 Å². The topological polar surface area (TPSA) is 9.23 Å². The van der Waals surface area contributed by atoms with E-state index >= 15 is 0 Å². The van der Waals surface area contributed by atoms with Crippen molar-refractivity contribution in [2.24, 2.45) is 0 Å². The molecule has 0 aromatic heterocycles. The highest BCUT2D eigenvalue weighted by Gasteiger charge is 2.44. The Hall–Kier alpha value is -1.24. The summed E-state index contributed by atoms with van der Waals surface area (Å²) >= 11 is 0. The number of hydrogen-bond donors (Lipinski definition) is 0. The molecule has 1 heterocycles. The van der Waals surface area contributed by atoms with Crippen molar-refractivity contribution < 1.29 is 4.74 Å². The third-order valence-corrected chi connectivity index (χ3v) is 2.54. The van der Waals surface area contributed by atoms with Crippen LogP contribution in [0.2, 0.25) is 0 Å². The predicted molar refractivity (Wildman–Crippen MR) is 48.1 cm³/mol. The standard InChI is InChI=1S/C11H10O/c1-2-4-10-9(3-1)5-6-11(12-10)7-8-11/h1-6H,7-8H2. The summed E-state index contributed by atoms with van der Waals surface area (Å²) in [6, 6.07) is 8.19. The molecule has 0 unspecified atom stereocenters. The molecule has 1 nitrogen and oxygen atoms in total. The van der Waals surface area contributed by atoms with Crippen molar-refractivity contribution in [1.82, 2.24) is 0 Å². The zero-order valence-corrected chi connectivity index (χ0v) is 6.79. The first-order valence-electron chi connectivity index (χ1n) is 4.35. The summed E-state index contributed by atoms with van der Waals surface area (Å²) < 4.78 is 5.84. The van der Waals surface area contributed by atoms with Gasteiger partial charge in [0.2, 0.25) is 0 Å². The number of benzene rings is 1. The quantitative estimate of drug-likeness (QED) is 0.564. The molecule has 1 aromatic carbocycles. The van der Waals surface area contributed by atoms with E-state index in [9.17, 15) is 0 Å². The number of ether oxygens (including phenoxy) is 1. The van der Waals surface area contributed by atoms with Crippen LogP contribution in [0.1, 0.15) is 18.4 Å². The van der Waals surface area contributed by atoms with E-state index in [0.29, 0.717) is 0 Å². The molecule has 0 radical (unpaired) electrons. The van der Waals surface area contributed by atoms with Crippen LogP contribution in [0.15, 0.2) is 30.3 Å². The minimum Gasteiger partial charge on any atom is -0.483 e. The molecule has 12 heavy (non-hydrogen) atoms. The van der Waals surface area contributed by atoms with Crippen LogP contribution in [-0.4, -0.2) is 5.60 Å². The fraction of sp³-hybridized carbons (Fsp3) is 0.273. The van der Waals surface area contributed by atoms with Crippen LogP contribution in [0.25, 0.3) is 6.08 Å². The summed E-state index contributed by atoms with van der Waals surface area (Å²) in [7, 11) is 0. The van der Waals surface area contributed by atoms with Gasteiger partial charge in [0.05, 0.1) is 0 Å². The third kappa shape index (κ3) is 0.795. The Morgan fingerprint density at radius 2 is 2.00 bits per heavy atom. The summed E-state index contributed by atoms with van der Waals surface area (Å²) in [5, 5.41) is 0. The monoisotopic (exact) mass is 158 g/mol. The molecule has 1 aliphatic carbocycles. The lowest BCUT2D eigenvalue weighted by molar-refractivity contribution is 0.226. The van der Waals surface area contributed by atoms with Crippen molar-refractivity contribution in [2.45, 2.75) is 18.4 Å². The number of rotatable bonds is 0. The van der Waals surface area contributed by atoms with E-state index in [-0.39, 0.29) is 5.60 Å². The average Bonchev–Trinajstić information content (AvgIpc) is 2.85. The Morgan fingerprint density at radius 1 is 1.17 bits per heavy atom. The summed E-state index contributed by atoms with van der Waals surface area (Å²) in [5.74, 6) is 1.04. The van der Waals surface area contributed by atoms with E-state index in [0.717, 1.165) is 5.75 Å². The molecular weight excluding hydrogens is 148 g/mol. The van der Waals surface area contributed by atoms with Gasteiger partial charge in [-0.15, -0.1) is 0 Å². The minimum atomic E-state index is 0.0916. The molecule has 1 heteroatoms. The highest BCUT2D eigenvalue weighted by Crippen LogP contribution is 2.45. The van der Waals surface area contributed by atoms with Gasteiger partial charge in [0, 0.05) is 5.56 Å². The molecule has 1 saturated carbocycles. The van der Waals surface area contributed by atoms with Crippen LogP contribution in [-0.2, 0) is 0 Å².